The molecule has 0 fully saturated rings. The van der Waals surface area contributed by atoms with Crippen LogP contribution in [0.4, 0.5) is 34.1 Å². The second kappa shape index (κ2) is 19.3. The van der Waals surface area contributed by atoms with Gasteiger partial charge in [-0.3, -0.25) is 18.7 Å². The van der Waals surface area contributed by atoms with Crippen LogP contribution in [-0.2, 0) is 20.2 Å². The number of anilines is 2. The van der Waals surface area contributed by atoms with Crippen molar-refractivity contribution >= 4 is 87.7 Å². The molecule has 7 aromatic carbocycles. The average molecular weight is 889 g/mol. The van der Waals surface area contributed by atoms with E-state index in [1.807, 2.05) is 13.8 Å². The van der Waals surface area contributed by atoms with Gasteiger partial charge in [-0.1, -0.05) is 65.1 Å². The van der Waals surface area contributed by atoms with Gasteiger partial charge in [0.05, 0.1) is 22.7 Å². The Morgan fingerprint density at radius 3 is 1.24 bits per heavy atom. The van der Waals surface area contributed by atoms with Crippen LogP contribution in [-0.4, -0.2) is 37.8 Å². The second-order valence-electron chi connectivity index (χ2n) is 13.5. The summed E-state index contributed by atoms with van der Waals surface area (Å²) in [5.74, 6) is -2.99. The van der Waals surface area contributed by atoms with Gasteiger partial charge in [0, 0.05) is 22.5 Å². The zero-order valence-corrected chi connectivity index (χ0v) is 38.9. The number of azo groups is 2. The van der Waals surface area contributed by atoms with Gasteiger partial charge >= 0.3 is 59.1 Å². The van der Waals surface area contributed by atoms with E-state index in [1.165, 1.54) is 60.7 Å². The van der Waals surface area contributed by atoms with Gasteiger partial charge < -0.3 is 20.8 Å². The minimum Gasteiger partial charge on any atom is -0.871 e. The molecule has 0 heterocycles. The third-order valence-electron chi connectivity index (χ3n) is 9.12. The molecule has 0 unspecified atom stereocenters. The smallest absolute Gasteiger partial charge is 0.871 e. The number of carbonyl (C=O) groups excluding carboxylic acids is 2. The summed E-state index contributed by atoms with van der Waals surface area (Å²) in [5, 5.41) is 47.8. The largest absolute Gasteiger partial charge is 1.00 e. The summed E-state index contributed by atoms with van der Waals surface area (Å²) in [7, 11) is -9.88. The summed E-state index contributed by atoms with van der Waals surface area (Å²) >= 11 is 0. The topological polar surface area (TPSA) is 262 Å². The number of aryl methyl sites for hydroxylation is 2. The molecule has 0 radical (unpaired) electrons. The molecule has 0 spiro atoms. The monoisotopic (exact) mass is 888 g/mol. The molecule has 0 aromatic heterocycles. The fourth-order valence-corrected chi connectivity index (χ4v) is 7.37. The van der Waals surface area contributed by atoms with Crippen LogP contribution in [0.15, 0.2) is 152 Å². The van der Waals surface area contributed by atoms with Crippen LogP contribution in [0.2, 0.25) is 0 Å². The number of rotatable bonds is 10. The first kappa shape index (κ1) is 47.7. The van der Waals surface area contributed by atoms with E-state index >= 15 is 0 Å². The SMILES string of the molecule is Cc1ccc(N=Nc2c(S(=O)(=O)O)cc3cc(NC(=O)c4cccc(C(=O)Nc5ccc6c([O-])c(N=Nc7ccc(C)cc7)c(S(=O)(=O)O)cc6c5)c4)ccc3c2[O-])cc1.[Na+].[Na+]. The van der Waals surface area contributed by atoms with E-state index in [0.29, 0.717) is 11.4 Å². The van der Waals surface area contributed by atoms with Crippen molar-refractivity contribution in [1.29, 1.82) is 0 Å². The predicted molar refractivity (Wildman–Crippen MR) is 219 cm³/mol. The summed E-state index contributed by atoms with van der Waals surface area (Å²) in [6.45, 7) is 3.72. The summed E-state index contributed by atoms with van der Waals surface area (Å²) in [6.07, 6.45) is 0. The average Bonchev–Trinajstić information content (AvgIpc) is 3.20. The molecule has 0 saturated carbocycles. The van der Waals surface area contributed by atoms with Crippen LogP contribution in [0.1, 0.15) is 31.8 Å². The van der Waals surface area contributed by atoms with Crippen LogP contribution in [0.5, 0.6) is 11.5 Å². The van der Waals surface area contributed by atoms with Crippen molar-refractivity contribution in [3.63, 3.8) is 0 Å². The summed E-state index contributed by atoms with van der Waals surface area (Å²) in [6, 6.07) is 29.4. The van der Waals surface area contributed by atoms with E-state index < -0.39 is 64.7 Å². The molecule has 0 bridgehead atoms. The van der Waals surface area contributed by atoms with Crippen molar-refractivity contribution in [3.8, 4) is 11.5 Å². The fourth-order valence-electron chi connectivity index (χ4n) is 6.06. The summed E-state index contributed by atoms with van der Waals surface area (Å²) < 4.78 is 69.2. The van der Waals surface area contributed by atoms with Gasteiger partial charge in [-0.25, -0.2) is 0 Å². The molecule has 7 aromatic rings. The van der Waals surface area contributed by atoms with E-state index in [4.69, 9.17) is 0 Å². The normalized spacial score (nSPS) is 11.7. The Kier molecular flexibility index (Phi) is 14.9. The Balaban J connectivity index is 0.00000363. The fraction of sp³-hybridized carbons (Fsp3) is 0.0476. The van der Waals surface area contributed by atoms with Gasteiger partial charge in [0.2, 0.25) is 0 Å². The number of nitrogens with zero attached hydrogens (tertiary/aromatic N) is 4. The van der Waals surface area contributed by atoms with Crippen molar-refractivity contribution in [3.05, 3.63) is 144 Å². The Bertz CT molecular complexity index is 2980. The van der Waals surface area contributed by atoms with E-state index in [1.54, 1.807) is 48.5 Å². The Morgan fingerprint density at radius 2 is 0.887 bits per heavy atom. The minimum absolute atomic E-state index is 0. The van der Waals surface area contributed by atoms with Gasteiger partial charge in [-0.2, -0.15) is 27.1 Å². The number of nitrogens with one attached hydrogen (secondary N) is 2. The maximum atomic E-state index is 13.4. The molecule has 0 aliphatic carbocycles. The Morgan fingerprint density at radius 1 is 0.516 bits per heavy atom. The van der Waals surface area contributed by atoms with Crippen LogP contribution in [0.3, 0.4) is 0 Å². The summed E-state index contributed by atoms with van der Waals surface area (Å²) in [5.41, 5.74) is 1.77. The summed E-state index contributed by atoms with van der Waals surface area (Å²) in [4.78, 5) is 25.1. The maximum Gasteiger partial charge on any atom is 1.00 e. The van der Waals surface area contributed by atoms with Gasteiger partial charge in [0.1, 0.15) is 9.79 Å². The molecule has 302 valence electrons. The molecule has 62 heavy (non-hydrogen) atoms. The van der Waals surface area contributed by atoms with Crippen molar-refractivity contribution < 1.29 is 105 Å². The first-order valence-corrected chi connectivity index (χ1v) is 20.5. The van der Waals surface area contributed by atoms with Crippen molar-refractivity contribution in [2.45, 2.75) is 23.6 Å². The van der Waals surface area contributed by atoms with Crippen LogP contribution in [0.25, 0.3) is 21.5 Å². The number of benzene rings is 7. The maximum absolute atomic E-state index is 13.4. The van der Waals surface area contributed by atoms with Crippen LogP contribution >= 0.6 is 0 Å². The minimum atomic E-state index is -4.94. The number of carbonyl (C=O) groups is 2. The van der Waals surface area contributed by atoms with Crippen LogP contribution in [0, 0.1) is 13.8 Å². The predicted octanol–water partition coefficient (Wildman–Crippen LogP) is 2.59. The molecule has 0 atom stereocenters. The second-order valence-corrected chi connectivity index (χ2v) is 16.3. The molecule has 0 saturated heterocycles. The van der Waals surface area contributed by atoms with Crippen LogP contribution < -0.4 is 80.0 Å². The zero-order valence-electron chi connectivity index (χ0n) is 33.3. The number of hydrogen-bond acceptors (Lipinski definition) is 12. The molecule has 20 heteroatoms. The molecule has 2 amide bonds. The van der Waals surface area contributed by atoms with Crippen molar-refractivity contribution in [1.82, 2.24) is 0 Å². The molecule has 0 aliphatic rings. The van der Waals surface area contributed by atoms with E-state index in [9.17, 15) is 45.7 Å². The number of amides is 2. The first-order chi connectivity index (χ1) is 28.4. The van der Waals surface area contributed by atoms with Gasteiger partial charge in [-0.15, -0.1) is 10.2 Å². The third-order valence-corrected chi connectivity index (χ3v) is 10.9. The van der Waals surface area contributed by atoms with E-state index in [2.05, 4.69) is 31.1 Å². The number of fused-ring (bicyclic) bond motifs is 2. The van der Waals surface area contributed by atoms with E-state index in [0.717, 1.165) is 23.3 Å². The third kappa shape index (κ3) is 10.8. The Labute approximate surface area is 398 Å². The number of hydrogen-bond donors (Lipinski definition) is 4. The first-order valence-electron chi connectivity index (χ1n) is 17.6. The Hall–Kier alpha value is -5.38. The standard InChI is InChI=1S/C42H32N6O10S2.2Na/c1-23-6-10-29(11-7-23)45-47-37-35(59(53,54)55)21-27-19-31(14-16-33(27)39(37)49)43-41(51)25-4-3-5-26(18-25)42(52)44-32-15-17-34-28(20-32)22-36(60(56,57)58)38(40(34)50)48-46-30-12-8-24(2)9-13-30;;/h3-22,49-50H,1-2H3,(H,43,51)(H,44,52)(H,53,54,55)(H,56,57,58);;/q;2*+1/p-2. The van der Waals surface area contributed by atoms with Gasteiger partial charge in [-0.05, 0) is 114 Å². The van der Waals surface area contributed by atoms with Gasteiger partial charge in [0.15, 0.2) is 0 Å². The molecule has 7 rings (SSSR count). The molecular formula is C42H30N6Na2O10S2. The van der Waals surface area contributed by atoms with Crippen molar-refractivity contribution in [2.75, 3.05) is 10.6 Å². The van der Waals surface area contributed by atoms with E-state index in [-0.39, 0.29) is 103 Å². The van der Waals surface area contributed by atoms with Gasteiger partial charge in [0.25, 0.3) is 32.1 Å². The molecule has 0 aliphatic heterocycles. The zero-order chi connectivity index (χ0) is 42.9. The molecule has 16 nitrogen and oxygen atoms in total. The molecular weight excluding hydrogens is 859 g/mol. The van der Waals surface area contributed by atoms with Crippen molar-refractivity contribution in [2.24, 2.45) is 20.5 Å². The quantitative estimate of drug-likeness (QED) is 0.0886. The molecule has 4 N–H and O–H groups in total.